The van der Waals surface area contributed by atoms with Crippen LogP contribution >= 0.6 is 11.6 Å². The van der Waals surface area contributed by atoms with E-state index in [9.17, 15) is 9.59 Å². The van der Waals surface area contributed by atoms with Crippen LogP contribution < -0.4 is 4.90 Å². The van der Waals surface area contributed by atoms with Crippen molar-refractivity contribution in [1.82, 2.24) is 0 Å². The number of hydrogen-bond acceptors (Lipinski definition) is 4. The van der Waals surface area contributed by atoms with Crippen LogP contribution in [0, 0.1) is 11.3 Å². The van der Waals surface area contributed by atoms with Crippen molar-refractivity contribution in [2.45, 2.75) is 6.42 Å². The molecule has 2 aromatic rings. The van der Waals surface area contributed by atoms with Gasteiger partial charge in [0.1, 0.15) is 0 Å². The van der Waals surface area contributed by atoms with Crippen LogP contribution in [-0.4, -0.2) is 25.0 Å². The minimum absolute atomic E-state index is 0.183. The van der Waals surface area contributed by atoms with Crippen molar-refractivity contribution in [2.24, 2.45) is 0 Å². The Hall–Kier alpha value is -2.84. The normalized spacial score (nSPS) is 9.83. The van der Waals surface area contributed by atoms with Gasteiger partial charge in [-0.3, -0.25) is 4.79 Å². The van der Waals surface area contributed by atoms with Gasteiger partial charge in [-0.2, -0.15) is 5.26 Å². The van der Waals surface area contributed by atoms with E-state index in [0.29, 0.717) is 10.7 Å². The Morgan fingerprint density at radius 2 is 1.88 bits per heavy atom. The predicted molar refractivity (Wildman–Crippen MR) is 90.8 cm³/mol. The summed E-state index contributed by atoms with van der Waals surface area (Å²) in [6.45, 7) is -0.181. The summed E-state index contributed by atoms with van der Waals surface area (Å²) in [5, 5.41) is 9.16. The van der Waals surface area contributed by atoms with E-state index in [0.717, 1.165) is 0 Å². The van der Waals surface area contributed by atoms with E-state index in [4.69, 9.17) is 21.6 Å². The molecule has 0 N–H and O–H groups in total. The fourth-order valence-corrected chi connectivity index (χ4v) is 2.26. The first-order valence-electron chi connectivity index (χ1n) is 7.27. The minimum Gasteiger partial charge on any atom is -0.452 e. The first kappa shape index (κ1) is 17.5. The number of amides is 1. The summed E-state index contributed by atoms with van der Waals surface area (Å²) >= 11 is 5.83. The van der Waals surface area contributed by atoms with Crippen LogP contribution in [0.25, 0.3) is 0 Å². The average molecular weight is 343 g/mol. The number of carbonyl (C=O) groups excluding carboxylic acids is 2. The Labute approximate surface area is 145 Å². The highest BCUT2D eigenvalue weighted by atomic mass is 35.5. The van der Waals surface area contributed by atoms with E-state index in [2.05, 4.69) is 0 Å². The summed E-state index contributed by atoms with van der Waals surface area (Å²) in [5.74, 6) is -1.02. The Balaban J connectivity index is 2.02. The van der Waals surface area contributed by atoms with E-state index in [-0.39, 0.29) is 18.5 Å². The summed E-state index contributed by atoms with van der Waals surface area (Å²) < 4.78 is 5.06. The monoisotopic (exact) mass is 342 g/mol. The Morgan fingerprint density at radius 1 is 1.12 bits per heavy atom. The molecule has 0 aliphatic rings. The maximum absolute atomic E-state index is 12.4. The first-order chi connectivity index (χ1) is 11.6. The number of para-hydroxylation sites is 1. The molecule has 6 heteroatoms. The number of carbonyl (C=O) groups is 2. The van der Waals surface area contributed by atoms with Crippen LogP contribution in [-0.2, 0) is 9.53 Å². The molecule has 0 aromatic heterocycles. The van der Waals surface area contributed by atoms with Gasteiger partial charge in [0.2, 0.25) is 0 Å². The van der Waals surface area contributed by atoms with Gasteiger partial charge in [-0.15, -0.1) is 0 Å². The lowest BCUT2D eigenvalue weighted by molar-refractivity contribution is -0.121. The summed E-state index contributed by atoms with van der Waals surface area (Å²) in [6.07, 6.45) is 0.183. The highest BCUT2D eigenvalue weighted by molar-refractivity contribution is 6.30. The molecule has 5 nitrogen and oxygen atoms in total. The van der Waals surface area contributed by atoms with Gasteiger partial charge < -0.3 is 9.64 Å². The molecule has 122 valence electrons. The molecule has 0 fully saturated rings. The maximum atomic E-state index is 12.4. The first-order valence-corrected chi connectivity index (χ1v) is 7.64. The number of benzene rings is 2. The van der Waals surface area contributed by atoms with Crippen LogP contribution in [0.15, 0.2) is 54.6 Å². The number of halogens is 1. The smallest absolute Gasteiger partial charge is 0.338 e. The molecule has 0 saturated heterocycles. The van der Waals surface area contributed by atoms with Gasteiger partial charge >= 0.3 is 5.97 Å². The van der Waals surface area contributed by atoms with E-state index in [1.54, 1.807) is 42.5 Å². The number of hydrogen-bond donors (Lipinski definition) is 0. The standard InChI is InChI=1S/C18H15ClN2O3/c19-15-7-4-6-14(12-15)18(23)24-13-17(22)21(11-5-10-20)16-8-2-1-3-9-16/h1-4,6-9,12H,5,11,13H2. The van der Waals surface area contributed by atoms with E-state index in [1.165, 1.54) is 11.0 Å². The Bertz CT molecular complexity index is 756. The van der Waals surface area contributed by atoms with Gasteiger partial charge in [0, 0.05) is 17.3 Å². The summed E-state index contributed by atoms with van der Waals surface area (Å²) in [7, 11) is 0. The second-order valence-corrected chi connectivity index (χ2v) is 5.31. The zero-order valence-corrected chi connectivity index (χ0v) is 13.6. The topological polar surface area (TPSA) is 70.4 Å². The second-order valence-electron chi connectivity index (χ2n) is 4.88. The SMILES string of the molecule is N#CCCN(C(=O)COC(=O)c1cccc(Cl)c1)c1ccccc1. The van der Waals surface area contributed by atoms with Crippen LogP contribution in [0.2, 0.25) is 5.02 Å². The minimum atomic E-state index is -0.626. The number of nitriles is 1. The molecule has 0 bridgehead atoms. The number of esters is 1. The van der Waals surface area contributed by atoms with Crippen molar-refractivity contribution >= 4 is 29.2 Å². The van der Waals surface area contributed by atoms with Crippen LogP contribution in [0.3, 0.4) is 0 Å². The largest absolute Gasteiger partial charge is 0.452 e. The van der Waals surface area contributed by atoms with Crippen LogP contribution in [0.1, 0.15) is 16.8 Å². The van der Waals surface area contributed by atoms with E-state index in [1.807, 2.05) is 12.1 Å². The van der Waals surface area contributed by atoms with Gasteiger partial charge in [-0.05, 0) is 30.3 Å². The van der Waals surface area contributed by atoms with Crippen molar-refractivity contribution in [2.75, 3.05) is 18.1 Å². The van der Waals surface area contributed by atoms with Gasteiger partial charge in [0.05, 0.1) is 18.1 Å². The molecule has 0 aliphatic heterocycles. The van der Waals surface area contributed by atoms with Crippen molar-refractivity contribution in [3.05, 3.63) is 65.2 Å². The zero-order valence-electron chi connectivity index (χ0n) is 12.8. The van der Waals surface area contributed by atoms with Crippen molar-refractivity contribution in [1.29, 1.82) is 5.26 Å². The molecule has 0 unspecified atom stereocenters. The Morgan fingerprint density at radius 3 is 2.54 bits per heavy atom. The van der Waals surface area contributed by atoms with E-state index >= 15 is 0 Å². The molecule has 0 saturated carbocycles. The number of ether oxygens (including phenoxy) is 1. The van der Waals surface area contributed by atoms with Crippen molar-refractivity contribution in [3.8, 4) is 6.07 Å². The molecule has 2 rings (SSSR count). The Kier molecular flexibility index (Phi) is 6.35. The van der Waals surface area contributed by atoms with Crippen molar-refractivity contribution < 1.29 is 14.3 Å². The quantitative estimate of drug-likeness (QED) is 0.754. The lowest BCUT2D eigenvalue weighted by Gasteiger charge is -2.21. The molecule has 24 heavy (non-hydrogen) atoms. The number of rotatable bonds is 6. The number of nitrogens with zero attached hydrogens (tertiary/aromatic N) is 2. The average Bonchev–Trinajstić information content (AvgIpc) is 2.61. The van der Waals surface area contributed by atoms with Gasteiger partial charge in [-0.25, -0.2) is 4.79 Å². The highest BCUT2D eigenvalue weighted by Gasteiger charge is 2.18. The molecule has 0 spiro atoms. The maximum Gasteiger partial charge on any atom is 0.338 e. The van der Waals surface area contributed by atoms with Gasteiger partial charge in [0.15, 0.2) is 6.61 Å². The highest BCUT2D eigenvalue weighted by Crippen LogP contribution is 2.15. The molecule has 0 aliphatic carbocycles. The van der Waals surface area contributed by atoms with Gasteiger partial charge in [0.25, 0.3) is 5.91 Å². The van der Waals surface area contributed by atoms with Gasteiger partial charge in [-0.1, -0.05) is 35.9 Å². The zero-order chi connectivity index (χ0) is 17.4. The molecular weight excluding hydrogens is 328 g/mol. The molecule has 0 radical (unpaired) electrons. The summed E-state index contributed by atoms with van der Waals surface area (Å²) in [6, 6.07) is 17.2. The fraction of sp³-hybridized carbons (Fsp3) is 0.167. The molecule has 0 atom stereocenters. The molecule has 0 heterocycles. The predicted octanol–water partition coefficient (Wildman–Crippen LogP) is 3.44. The fourth-order valence-electron chi connectivity index (χ4n) is 2.07. The second kappa shape index (κ2) is 8.70. The van der Waals surface area contributed by atoms with Crippen LogP contribution in [0.4, 0.5) is 5.69 Å². The number of anilines is 1. The third kappa shape index (κ3) is 4.83. The lowest BCUT2D eigenvalue weighted by atomic mass is 10.2. The van der Waals surface area contributed by atoms with E-state index < -0.39 is 18.5 Å². The molecule has 1 amide bonds. The third-order valence-electron chi connectivity index (χ3n) is 3.20. The molecule has 2 aromatic carbocycles. The summed E-state index contributed by atoms with van der Waals surface area (Å²) in [4.78, 5) is 25.8. The summed E-state index contributed by atoms with van der Waals surface area (Å²) in [5.41, 5.74) is 0.926. The van der Waals surface area contributed by atoms with Crippen molar-refractivity contribution in [3.63, 3.8) is 0 Å². The van der Waals surface area contributed by atoms with Crippen LogP contribution in [0.5, 0.6) is 0 Å². The molecular formula is C18H15ClN2O3. The lowest BCUT2D eigenvalue weighted by Crippen LogP contribution is -2.35. The third-order valence-corrected chi connectivity index (χ3v) is 3.44.